The summed E-state index contributed by atoms with van der Waals surface area (Å²) in [4.78, 5) is 65.6. The number of nitrogens with zero attached hydrogens (tertiary/aromatic N) is 3. The Labute approximate surface area is 385 Å². The highest BCUT2D eigenvalue weighted by atomic mass is 32.2. The molecule has 65 heavy (non-hydrogen) atoms. The van der Waals surface area contributed by atoms with E-state index in [0.717, 1.165) is 37.6 Å². The molecule has 0 fully saturated rings. The highest BCUT2D eigenvalue weighted by Crippen LogP contribution is 2.30. The summed E-state index contributed by atoms with van der Waals surface area (Å²) < 4.78 is 39.1. The number of ether oxygens (including phenoxy) is 2. The van der Waals surface area contributed by atoms with E-state index in [9.17, 15) is 27.6 Å². The number of hydrogen-bond donors (Lipinski definition) is 3. The van der Waals surface area contributed by atoms with Gasteiger partial charge in [-0.15, -0.1) is 0 Å². The number of aromatic nitrogens is 2. The maximum absolute atomic E-state index is 14.9. The number of carbonyl (C=O) groups is 3. The van der Waals surface area contributed by atoms with Gasteiger partial charge in [-0.3, -0.25) is 14.2 Å². The number of esters is 1. The van der Waals surface area contributed by atoms with Gasteiger partial charge in [0.15, 0.2) is 5.71 Å². The lowest BCUT2D eigenvalue weighted by atomic mass is 10.0. The van der Waals surface area contributed by atoms with Gasteiger partial charge in [-0.1, -0.05) is 108 Å². The number of ketones is 1. The minimum atomic E-state index is -3.37. The molecule has 1 aromatic heterocycles. The van der Waals surface area contributed by atoms with Crippen molar-refractivity contribution in [1.29, 1.82) is 0 Å². The van der Waals surface area contributed by atoms with E-state index in [0.29, 0.717) is 55.2 Å². The summed E-state index contributed by atoms with van der Waals surface area (Å²) in [7, 11) is -3.37. The number of rotatable bonds is 29. The fourth-order valence-corrected chi connectivity index (χ4v) is 7.89. The van der Waals surface area contributed by atoms with Crippen molar-refractivity contribution >= 4 is 50.5 Å². The molecule has 3 N–H and O–H groups in total. The first kappa shape index (κ1) is 52.1. The van der Waals surface area contributed by atoms with E-state index >= 15 is 0 Å². The zero-order valence-corrected chi connectivity index (χ0v) is 40.3. The number of amides is 1. The van der Waals surface area contributed by atoms with E-state index in [4.69, 9.17) is 14.5 Å². The van der Waals surface area contributed by atoms with Crippen LogP contribution in [-0.4, -0.2) is 79.9 Å². The summed E-state index contributed by atoms with van der Waals surface area (Å²) in [5, 5.41) is 2.82. The summed E-state index contributed by atoms with van der Waals surface area (Å²) in [5.41, 5.74) is 2.07. The zero-order valence-electron chi connectivity index (χ0n) is 39.5. The van der Waals surface area contributed by atoms with Gasteiger partial charge < -0.3 is 24.7 Å². The second-order valence-corrected chi connectivity index (χ2v) is 18.5. The molecule has 0 saturated heterocycles. The van der Waals surface area contributed by atoms with Crippen molar-refractivity contribution in [3.63, 3.8) is 0 Å². The first-order valence-corrected chi connectivity index (χ1v) is 25.2. The number of carbonyl (C=O) groups excluding carboxylic acids is 3. The van der Waals surface area contributed by atoms with Crippen LogP contribution in [0.4, 0.5) is 17.1 Å². The Morgan fingerprint density at radius 2 is 1.51 bits per heavy atom. The third-order valence-corrected chi connectivity index (χ3v) is 11.6. The Morgan fingerprint density at radius 3 is 2.12 bits per heavy atom. The van der Waals surface area contributed by atoms with Gasteiger partial charge in [-0.05, 0) is 82.5 Å². The lowest BCUT2D eigenvalue weighted by molar-refractivity contribution is -0.110. The van der Waals surface area contributed by atoms with E-state index in [1.807, 2.05) is 56.9 Å². The van der Waals surface area contributed by atoms with Crippen LogP contribution in [0, 0.1) is 6.92 Å². The maximum atomic E-state index is 14.9. The summed E-state index contributed by atoms with van der Waals surface area (Å²) in [6.07, 6.45) is 13.9. The predicted molar refractivity (Wildman–Crippen MR) is 262 cm³/mol. The zero-order chi connectivity index (χ0) is 47.4. The molecule has 15 heteroatoms. The molecular formula is C50H70N6O8S. The second kappa shape index (κ2) is 26.4. The number of unbranched alkanes of at least 4 members (excludes halogenated alkanes) is 10. The molecule has 0 unspecified atom stereocenters. The number of sulfonamides is 1. The SMILES string of the molecule is CCCCCCCCCCCCOC(=O)c1ccc(NC(=O)C(=Nc2ccc(N(CC)CCNS(C)(=O)=O)cc2C)C(=O)c2[nH]c(=O)n(CCCC)c2-c2ccccc2)c(OC(C)C)c1. The molecule has 0 atom stereocenters. The smallest absolute Gasteiger partial charge is 0.338 e. The molecule has 3 aromatic carbocycles. The molecule has 0 aliphatic heterocycles. The quantitative estimate of drug-likeness (QED) is 0.0157. The molecule has 0 aliphatic rings. The predicted octanol–water partition coefficient (Wildman–Crippen LogP) is 9.79. The highest BCUT2D eigenvalue weighted by Gasteiger charge is 2.30. The van der Waals surface area contributed by atoms with Gasteiger partial charge in [0, 0.05) is 37.4 Å². The minimum absolute atomic E-state index is 0.0878. The van der Waals surface area contributed by atoms with Crippen molar-refractivity contribution in [2.75, 3.05) is 42.7 Å². The summed E-state index contributed by atoms with van der Waals surface area (Å²) >= 11 is 0. The van der Waals surface area contributed by atoms with E-state index < -0.39 is 39.1 Å². The monoisotopic (exact) mass is 914 g/mol. The van der Waals surface area contributed by atoms with Gasteiger partial charge in [-0.25, -0.2) is 27.7 Å². The number of anilines is 2. The number of H-pyrrole nitrogens is 1. The molecule has 1 heterocycles. The molecule has 0 spiro atoms. The van der Waals surface area contributed by atoms with Crippen molar-refractivity contribution in [3.05, 3.63) is 94.0 Å². The van der Waals surface area contributed by atoms with Gasteiger partial charge in [-0.2, -0.15) is 0 Å². The van der Waals surface area contributed by atoms with Gasteiger partial charge in [0.1, 0.15) is 11.4 Å². The summed E-state index contributed by atoms with van der Waals surface area (Å²) in [6.45, 7) is 13.4. The van der Waals surface area contributed by atoms with Crippen molar-refractivity contribution in [2.45, 2.75) is 131 Å². The van der Waals surface area contributed by atoms with Crippen LogP contribution < -0.4 is 25.4 Å². The van der Waals surface area contributed by atoms with Crippen LogP contribution in [0.3, 0.4) is 0 Å². The number of imidazole rings is 1. The topological polar surface area (TPSA) is 181 Å². The number of benzene rings is 3. The molecule has 0 bridgehead atoms. The normalized spacial score (nSPS) is 11.8. The standard InChI is InChI=1S/C50H70N6O8S/c1-8-11-13-14-15-16-17-18-19-23-33-63-49(59)39-26-28-42(43(35-39)64-36(4)5)53-48(58)45(52-41-29-27-40(34-37(41)6)55(10-3)32-30-51-65(7,61)62)47(57)44-46(38-24-21-20-22-25-38)56(31-12-9-2)50(60)54-44/h20-22,24-29,34-36,51H,8-19,23,30-33H2,1-7H3,(H,53,58)(H,54,60). The largest absolute Gasteiger partial charge is 0.489 e. The third-order valence-electron chi connectivity index (χ3n) is 10.9. The van der Waals surface area contributed by atoms with Crippen LogP contribution in [0.2, 0.25) is 0 Å². The third kappa shape index (κ3) is 16.4. The number of hydrogen-bond acceptors (Lipinski definition) is 10. The van der Waals surface area contributed by atoms with Crippen molar-refractivity contribution in [1.82, 2.24) is 14.3 Å². The minimum Gasteiger partial charge on any atom is -0.489 e. The number of aryl methyl sites for hydroxylation is 1. The molecule has 4 aromatic rings. The number of nitrogens with one attached hydrogen (secondary N) is 3. The summed E-state index contributed by atoms with van der Waals surface area (Å²) in [5.74, 6) is -1.99. The number of Topliss-reactive ketones (excluding diaryl/α,β-unsaturated/α-hetero) is 1. The lowest BCUT2D eigenvalue weighted by Crippen LogP contribution is -2.34. The fourth-order valence-electron chi connectivity index (χ4n) is 7.42. The Balaban J connectivity index is 1.66. The summed E-state index contributed by atoms with van der Waals surface area (Å²) in [6, 6.07) is 19.0. The van der Waals surface area contributed by atoms with Crippen molar-refractivity contribution < 1.29 is 32.3 Å². The second-order valence-electron chi connectivity index (χ2n) is 16.7. The van der Waals surface area contributed by atoms with Gasteiger partial charge in [0.2, 0.25) is 15.8 Å². The van der Waals surface area contributed by atoms with Crippen LogP contribution in [-0.2, 0) is 26.1 Å². The average Bonchev–Trinajstić information content (AvgIpc) is 3.61. The van der Waals surface area contributed by atoms with Crippen LogP contribution in [0.25, 0.3) is 11.3 Å². The van der Waals surface area contributed by atoms with Gasteiger partial charge >= 0.3 is 11.7 Å². The van der Waals surface area contributed by atoms with Crippen molar-refractivity contribution in [2.24, 2.45) is 4.99 Å². The molecule has 0 aliphatic carbocycles. The molecular weight excluding hydrogens is 845 g/mol. The molecule has 14 nitrogen and oxygen atoms in total. The Hall–Kier alpha value is -5.54. The number of likely N-dealkylation sites (N-methyl/N-ethyl adjacent to an activating group) is 1. The van der Waals surface area contributed by atoms with E-state index in [2.05, 4.69) is 21.9 Å². The first-order valence-electron chi connectivity index (χ1n) is 23.3. The molecule has 0 saturated carbocycles. The van der Waals surface area contributed by atoms with Gasteiger partial charge in [0.25, 0.3) is 5.91 Å². The Bertz CT molecular complexity index is 2370. The first-order chi connectivity index (χ1) is 31.2. The van der Waals surface area contributed by atoms with Crippen LogP contribution >= 0.6 is 0 Å². The molecule has 0 radical (unpaired) electrons. The molecule has 1 amide bonds. The van der Waals surface area contributed by atoms with E-state index in [1.165, 1.54) is 67.7 Å². The average molecular weight is 915 g/mol. The van der Waals surface area contributed by atoms with Crippen LogP contribution in [0.15, 0.2) is 76.5 Å². The number of aliphatic imine (C=N–C) groups is 1. The van der Waals surface area contributed by atoms with Crippen molar-refractivity contribution in [3.8, 4) is 17.0 Å². The molecule has 354 valence electrons. The molecule has 4 rings (SSSR count). The lowest BCUT2D eigenvalue weighted by Gasteiger charge is -2.24. The number of aromatic amines is 1. The fraction of sp³-hybridized carbons (Fsp3) is 0.500. The van der Waals surface area contributed by atoms with Crippen LogP contribution in [0.1, 0.15) is 138 Å². The van der Waals surface area contributed by atoms with Crippen LogP contribution in [0.5, 0.6) is 5.75 Å². The van der Waals surface area contributed by atoms with Gasteiger partial charge in [0.05, 0.1) is 41.6 Å². The highest BCUT2D eigenvalue weighted by molar-refractivity contribution is 7.88. The Morgan fingerprint density at radius 1 is 0.846 bits per heavy atom. The van der Waals surface area contributed by atoms with E-state index in [1.54, 1.807) is 31.2 Å². The Kier molecular flexibility index (Phi) is 21.2. The van der Waals surface area contributed by atoms with E-state index in [-0.39, 0.29) is 35.3 Å². The maximum Gasteiger partial charge on any atom is 0.338 e.